The lowest BCUT2D eigenvalue weighted by atomic mass is 10.1. The minimum absolute atomic E-state index is 0.231. The number of amides is 1. The van der Waals surface area contributed by atoms with E-state index < -0.39 is 0 Å². The van der Waals surface area contributed by atoms with E-state index >= 15 is 0 Å². The summed E-state index contributed by atoms with van der Waals surface area (Å²) in [5.74, 6) is 0.231. The van der Waals surface area contributed by atoms with Crippen molar-refractivity contribution >= 4 is 12.0 Å². The van der Waals surface area contributed by atoms with Gasteiger partial charge in [-0.2, -0.15) is 0 Å². The van der Waals surface area contributed by atoms with Gasteiger partial charge in [0.1, 0.15) is 0 Å². The molecule has 3 nitrogen and oxygen atoms in total. The molecule has 1 heterocycles. The van der Waals surface area contributed by atoms with E-state index in [-0.39, 0.29) is 5.91 Å². The van der Waals surface area contributed by atoms with E-state index in [9.17, 15) is 4.79 Å². The molecule has 3 rings (SSSR count). The fourth-order valence-electron chi connectivity index (χ4n) is 3.11. The van der Waals surface area contributed by atoms with Gasteiger partial charge in [0.05, 0.1) is 6.42 Å². The summed E-state index contributed by atoms with van der Waals surface area (Å²) >= 11 is 0. The Morgan fingerprint density at radius 2 is 1.67 bits per heavy atom. The standard InChI is InChI=1S/C21H24N2O/c1-2-18-9-6-10-20(15-18)17-22-11-13-23(14-12-22)21(24)16-19-7-4-3-5-8-19/h2-10,15H,1,11-14,16-17H2. The van der Waals surface area contributed by atoms with Crippen LogP contribution in [0.25, 0.3) is 6.08 Å². The quantitative estimate of drug-likeness (QED) is 0.844. The molecule has 24 heavy (non-hydrogen) atoms. The summed E-state index contributed by atoms with van der Waals surface area (Å²) in [4.78, 5) is 16.8. The van der Waals surface area contributed by atoms with Crippen LogP contribution in [0.4, 0.5) is 0 Å². The Bertz CT molecular complexity index is 688. The molecule has 1 fully saturated rings. The van der Waals surface area contributed by atoms with Gasteiger partial charge in [-0.15, -0.1) is 0 Å². The van der Waals surface area contributed by atoms with E-state index in [1.54, 1.807) is 0 Å². The van der Waals surface area contributed by atoms with Crippen molar-refractivity contribution in [1.82, 2.24) is 9.80 Å². The number of carbonyl (C=O) groups excluding carboxylic acids is 1. The lowest BCUT2D eigenvalue weighted by Crippen LogP contribution is -2.48. The molecule has 1 amide bonds. The van der Waals surface area contributed by atoms with Crippen molar-refractivity contribution in [2.24, 2.45) is 0 Å². The van der Waals surface area contributed by atoms with Crippen LogP contribution in [0, 0.1) is 0 Å². The van der Waals surface area contributed by atoms with Crippen LogP contribution in [-0.4, -0.2) is 41.9 Å². The van der Waals surface area contributed by atoms with Crippen molar-refractivity contribution in [1.29, 1.82) is 0 Å². The van der Waals surface area contributed by atoms with E-state index in [1.165, 1.54) is 5.56 Å². The maximum absolute atomic E-state index is 12.4. The molecule has 0 atom stereocenters. The van der Waals surface area contributed by atoms with Crippen molar-refractivity contribution in [3.8, 4) is 0 Å². The second-order valence-electron chi connectivity index (χ2n) is 6.27. The second-order valence-corrected chi connectivity index (χ2v) is 6.27. The van der Waals surface area contributed by atoms with Gasteiger partial charge in [0.2, 0.25) is 5.91 Å². The summed E-state index contributed by atoms with van der Waals surface area (Å²) < 4.78 is 0. The minimum atomic E-state index is 0.231. The smallest absolute Gasteiger partial charge is 0.227 e. The van der Waals surface area contributed by atoms with Crippen LogP contribution in [0.3, 0.4) is 0 Å². The summed E-state index contributed by atoms with van der Waals surface area (Å²) in [5.41, 5.74) is 3.55. The predicted molar refractivity (Wildman–Crippen MR) is 98.5 cm³/mol. The molecule has 124 valence electrons. The fraction of sp³-hybridized carbons (Fsp3) is 0.286. The van der Waals surface area contributed by atoms with Gasteiger partial charge in [0.15, 0.2) is 0 Å². The Hall–Kier alpha value is -2.39. The van der Waals surface area contributed by atoms with Gasteiger partial charge in [-0.1, -0.05) is 67.3 Å². The van der Waals surface area contributed by atoms with Crippen molar-refractivity contribution in [3.05, 3.63) is 77.9 Å². The van der Waals surface area contributed by atoms with Gasteiger partial charge in [0.25, 0.3) is 0 Å². The number of piperazine rings is 1. The SMILES string of the molecule is C=Cc1cccc(CN2CCN(C(=O)Cc3ccccc3)CC2)c1. The molecule has 2 aromatic rings. The first kappa shape index (κ1) is 16.5. The molecule has 0 radical (unpaired) electrons. The van der Waals surface area contributed by atoms with E-state index in [2.05, 4.69) is 35.7 Å². The molecule has 2 aromatic carbocycles. The summed E-state index contributed by atoms with van der Waals surface area (Å²) in [6, 6.07) is 18.5. The van der Waals surface area contributed by atoms with Crippen LogP contribution < -0.4 is 0 Å². The Kier molecular flexibility index (Phi) is 5.44. The third kappa shape index (κ3) is 4.33. The molecular weight excluding hydrogens is 296 g/mol. The zero-order chi connectivity index (χ0) is 16.8. The maximum atomic E-state index is 12.4. The number of benzene rings is 2. The molecule has 1 aliphatic heterocycles. The van der Waals surface area contributed by atoms with Gasteiger partial charge in [-0.3, -0.25) is 9.69 Å². The minimum Gasteiger partial charge on any atom is -0.340 e. The highest BCUT2D eigenvalue weighted by Gasteiger charge is 2.21. The fourth-order valence-corrected chi connectivity index (χ4v) is 3.11. The third-order valence-corrected chi connectivity index (χ3v) is 4.52. The average molecular weight is 320 g/mol. The molecule has 0 N–H and O–H groups in total. The normalized spacial score (nSPS) is 15.2. The number of carbonyl (C=O) groups is 1. The Labute approximate surface area is 144 Å². The number of rotatable bonds is 5. The molecule has 1 saturated heterocycles. The Morgan fingerprint density at radius 3 is 2.38 bits per heavy atom. The van der Waals surface area contributed by atoms with E-state index in [4.69, 9.17) is 0 Å². The van der Waals surface area contributed by atoms with Gasteiger partial charge < -0.3 is 4.90 Å². The van der Waals surface area contributed by atoms with Crippen molar-refractivity contribution in [3.63, 3.8) is 0 Å². The molecule has 0 aliphatic carbocycles. The van der Waals surface area contributed by atoms with Crippen LogP contribution in [0.2, 0.25) is 0 Å². The molecular formula is C21H24N2O. The average Bonchev–Trinajstić information content (AvgIpc) is 2.63. The first-order valence-corrected chi connectivity index (χ1v) is 8.50. The summed E-state index contributed by atoms with van der Waals surface area (Å²) in [5, 5.41) is 0. The zero-order valence-electron chi connectivity index (χ0n) is 14.0. The third-order valence-electron chi connectivity index (χ3n) is 4.52. The van der Waals surface area contributed by atoms with E-state index in [0.717, 1.165) is 43.9 Å². The topological polar surface area (TPSA) is 23.6 Å². The number of hydrogen-bond donors (Lipinski definition) is 0. The monoisotopic (exact) mass is 320 g/mol. The van der Waals surface area contributed by atoms with E-state index in [0.29, 0.717) is 6.42 Å². The van der Waals surface area contributed by atoms with Crippen LogP contribution in [0.1, 0.15) is 16.7 Å². The molecule has 0 spiro atoms. The largest absolute Gasteiger partial charge is 0.340 e. The molecule has 0 saturated carbocycles. The summed E-state index contributed by atoms with van der Waals surface area (Å²) in [7, 11) is 0. The summed E-state index contributed by atoms with van der Waals surface area (Å²) in [6.07, 6.45) is 2.38. The maximum Gasteiger partial charge on any atom is 0.227 e. The molecule has 0 unspecified atom stereocenters. The first-order valence-electron chi connectivity index (χ1n) is 8.50. The first-order chi connectivity index (χ1) is 11.7. The van der Waals surface area contributed by atoms with Gasteiger partial charge in [-0.05, 0) is 16.7 Å². The van der Waals surface area contributed by atoms with Crippen molar-refractivity contribution in [2.75, 3.05) is 26.2 Å². The van der Waals surface area contributed by atoms with Crippen LogP contribution >= 0.6 is 0 Å². The Morgan fingerprint density at radius 1 is 0.958 bits per heavy atom. The summed E-state index contributed by atoms with van der Waals surface area (Å²) in [6.45, 7) is 8.24. The molecule has 0 aromatic heterocycles. The molecule has 3 heteroatoms. The van der Waals surface area contributed by atoms with Crippen LogP contribution in [-0.2, 0) is 17.8 Å². The van der Waals surface area contributed by atoms with Gasteiger partial charge in [0, 0.05) is 32.7 Å². The molecule has 1 aliphatic rings. The predicted octanol–water partition coefficient (Wildman–Crippen LogP) is 3.22. The van der Waals surface area contributed by atoms with Crippen molar-refractivity contribution in [2.45, 2.75) is 13.0 Å². The van der Waals surface area contributed by atoms with Crippen LogP contribution in [0.15, 0.2) is 61.2 Å². The highest BCUT2D eigenvalue weighted by atomic mass is 16.2. The lowest BCUT2D eigenvalue weighted by molar-refractivity contribution is -0.132. The van der Waals surface area contributed by atoms with Crippen LogP contribution in [0.5, 0.6) is 0 Å². The highest BCUT2D eigenvalue weighted by Crippen LogP contribution is 2.12. The van der Waals surface area contributed by atoms with Gasteiger partial charge >= 0.3 is 0 Å². The van der Waals surface area contributed by atoms with E-state index in [1.807, 2.05) is 41.3 Å². The van der Waals surface area contributed by atoms with Gasteiger partial charge in [-0.25, -0.2) is 0 Å². The highest BCUT2D eigenvalue weighted by molar-refractivity contribution is 5.78. The second kappa shape index (κ2) is 7.93. The van der Waals surface area contributed by atoms with Crippen molar-refractivity contribution < 1.29 is 4.79 Å². The lowest BCUT2D eigenvalue weighted by Gasteiger charge is -2.35. The number of hydrogen-bond acceptors (Lipinski definition) is 2. The number of nitrogens with zero attached hydrogens (tertiary/aromatic N) is 2. The Balaban J connectivity index is 1.50. The zero-order valence-corrected chi connectivity index (χ0v) is 14.0. The molecule has 0 bridgehead atoms.